The van der Waals surface area contributed by atoms with Crippen molar-refractivity contribution in [1.82, 2.24) is 0 Å². The second-order valence-electron chi connectivity index (χ2n) is 13.7. The molecule has 0 saturated heterocycles. The highest BCUT2D eigenvalue weighted by Crippen LogP contribution is 2.40. The number of ether oxygens (including phenoxy) is 2. The molecule has 0 heterocycles. The van der Waals surface area contributed by atoms with E-state index in [0.29, 0.717) is 0 Å². The van der Waals surface area contributed by atoms with Gasteiger partial charge in [-0.3, -0.25) is 0 Å². The molecule has 0 unspecified atom stereocenters. The van der Waals surface area contributed by atoms with E-state index in [1.54, 1.807) is 60.7 Å². The molecule has 2 N–H and O–H groups in total. The third kappa shape index (κ3) is 9.33. The maximum Gasteiger partial charge on any atom is 0.338 e. The molecule has 2 rings (SSSR count). The molecular formula is C32H50O8Si2. The second kappa shape index (κ2) is 14.4. The molecule has 2 aromatic rings. The zero-order valence-electron chi connectivity index (χ0n) is 26.8. The van der Waals surface area contributed by atoms with E-state index >= 15 is 0 Å². The Morgan fingerprint density at radius 2 is 0.905 bits per heavy atom. The van der Waals surface area contributed by atoms with E-state index in [0.717, 1.165) is 0 Å². The molecule has 0 amide bonds. The summed E-state index contributed by atoms with van der Waals surface area (Å²) in [4.78, 5) is 26.9. The quantitative estimate of drug-likeness (QED) is 0.202. The molecule has 42 heavy (non-hydrogen) atoms. The van der Waals surface area contributed by atoms with Gasteiger partial charge in [-0.1, -0.05) is 77.9 Å². The Hall–Kier alpha value is -2.35. The van der Waals surface area contributed by atoms with Gasteiger partial charge in [0.05, 0.1) is 24.3 Å². The first kappa shape index (κ1) is 35.8. The minimum atomic E-state index is -2.54. The number of aliphatic hydroxyl groups excluding tert-OH is 2. The molecule has 0 bridgehead atoms. The van der Waals surface area contributed by atoms with E-state index in [9.17, 15) is 19.8 Å². The van der Waals surface area contributed by atoms with Gasteiger partial charge in [0.2, 0.25) is 0 Å². The number of hydrogen-bond donors (Lipinski definition) is 2. The molecule has 8 nitrogen and oxygen atoms in total. The molecule has 0 spiro atoms. The van der Waals surface area contributed by atoms with Gasteiger partial charge in [-0.25, -0.2) is 9.59 Å². The molecule has 10 heteroatoms. The van der Waals surface area contributed by atoms with Crippen LogP contribution in [-0.2, 0) is 18.3 Å². The van der Waals surface area contributed by atoms with E-state index in [1.807, 2.05) is 26.2 Å². The number of esters is 2. The van der Waals surface area contributed by atoms with Crippen LogP contribution in [0.3, 0.4) is 0 Å². The summed E-state index contributed by atoms with van der Waals surface area (Å²) in [6, 6.07) is 16.9. The van der Waals surface area contributed by atoms with Gasteiger partial charge in [0.15, 0.2) is 28.8 Å². The fourth-order valence-electron chi connectivity index (χ4n) is 3.77. The van der Waals surface area contributed by atoms with Crippen molar-refractivity contribution in [2.24, 2.45) is 0 Å². The van der Waals surface area contributed by atoms with Gasteiger partial charge in [0.1, 0.15) is 12.2 Å². The van der Waals surface area contributed by atoms with Crippen molar-refractivity contribution in [3.63, 3.8) is 0 Å². The van der Waals surface area contributed by atoms with Crippen LogP contribution in [0, 0.1) is 0 Å². The predicted molar refractivity (Wildman–Crippen MR) is 170 cm³/mol. The lowest BCUT2D eigenvalue weighted by Crippen LogP contribution is -2.59. The number of aliphatic hydroxyl groups is 2. The van der Waals surface area contributed by atoms with Crippen LogP contribution >= 0.6 is 0 Å². The highest BCUT2D eigenvalue weighted by molar-refractivity contribution is 6.74. The molecule has 0 aliphatic rings. The van der Waals surface area contributed by atoms with Crippen LogP contribution in [-0.4, -0.2) is 76.4 Å². The Bertz CT molecular complexity index is 1050. The minimum absolute atomic E-state index is 0.237. The standard InChI is InChI=1S/C32H50O8Si2/c1-31(2,3)41(7,8)39-25(21-33)27(37-29(35)23-17-13-11-14-18-23)28(38-30(36)24-19-15-12-16-20-24)26(22-34)40-42(9,10)32(4,5)6/h11-20,25-28,33-34H,21-22H2,1-10H3/t25-,26-,27-,28-/m1/s1. The predicted octanol–water partition coefficient (Wildman–Crippen LogP) is 6.20. The summed E-state index contributed by atoms with van der Waals surface area (Å²) >= 11 is 0. The number of carbonyl (C=O) groups excluding carboxylic acids is 2. The van der Waals surface area contributed by atoms with Crippen LogP contribution in [0.4, 0.5) is 0 Å². The Morgan fingerprint density at radius 3 is 1.14 bits per heavy atom. The zero-order chi connectivity index (χ0) is 31.9. The smallest absolute Gasteiger partial charge is 0.338 e. The van der Waals surface area contributed by atoms with E-state index in [2.05, 4.69) is 41.5 Å². The van der Waals surface area contributed by atoms with E-state index in [1.165, 1.54) is 0 Å². The molecule has 0 aromatic heterocycles. The largest absolute Gasteiger partial charge is 0.452 e. The van der Waals surface area contributed by atoms with Gasteiger partial charge >= 0.3 is 11.9 Å². The summed E-state index contributed by atoms with van der Waals surface area (Å²) in [6.07, 6.45) is -4.73. The topological polar surface area (TPSA) is 112 Å². The summed E-state index contributed by atoms with van der Waals surface area (Å²) < 4.78 is 25.4. The van der Waals surface area contributed by atoms with Gasteiger partial charge in [-0.15, -0.1) is 0 Å². The Morgan fingerprint density at radius 1 is 0.619 bits per heavy atom. The SMILES string of the molecule is CC(C)(C)[Si](C)(C)O[C@H](CO)[C@@H](OC(=O)c1ccccc1)[C@H](OC(=O)c1ccccc1)[C@@H](CO)O[Si](C)(C)C(C)(C)C. The average molecular weight is 619 g/mol. The van der Waals surface area contributed by atoms with Crippen molar-refractivity contribution < 1.29 is 38.1 Å². The summed E-state index contributed by atoms with van der Waals surface area (Å²) in [5, 5.41) is 20.9. The van der Waals surface area contributed by atoms with Crippen LogP contribution in [0.25, 0.3) is 0 Å². The first-order valence-corrected chi connectivity index (χ1v) is 20.3. The van der Waals surface area contributed by atoms with E-state index in [4.69, 9.17) is 18.3 Å². The molecule has 0 fully saturated rings. The third-order valence-corrected chi connectivity index (χ3v) is 17.4. The Kier molecular flexibility index (Phi) is 12.3. The highest BCUT2D eigenvalue weighted by Gasteiger charge is 2.49. The van der Waals surface area contributed by atoms with Gasteiger partial charge in [0.25, 0.3) is 0 Å². The van der Waals surface area contributed by atoms with Gasteiger partial charge < -0.3 is 28.5 Å². The van der Waals surface area contributed by atoms with Crippen LogP contribution < -0.4 is 0 Å². The summed E-state index contributed by atoms with van der Waals surface area (Å²) in [7, 11) is -5.08. The van der Waals surface area contributed by atoms with Crippen molar-refractivity contribution in [2.75, 3.05) is 13.2 Å². The van der Waals surface area contributed by atoms with Gasteiger partial charge in [-0.2, -0.15) is 0 Å². The van der Waals surface area contributed by atoms with Crippen LogP contribution in [0.1, 0.15) is 62.3 Å². The van der Waals surface area contributed by atoms with Crippen molar-refractivity contribution in [3.05, 3.63) is 71.8 Å². The Balaban J connectivity index is 2.69. The number of carbonyl (C=O) groups is 2. The maximum absolute atomic E-state index is 13.5. The lowest BCUT2D eigenvalue weighted by Gasteiger charge is -2.45. The third-order valence-electron chi connectivity index (χ3n) is 8.43. The monoisotopic (exact) mass is 618 g/mol. The lowest BCUT2D eigenvalue weighted by molar-refractivity contribution is -0.126. The molecule has 4 atom stereocenters. The first-order valence-electron chi connectivity index (χ1n) is 14.4. The number of rotatable bonds is 13. The number of hydrogen-bond acceptors (Lipinski definition) is 8. The van der Waals surface area contributed by atoms with Crippen LogP contribution in [0.5, 0.6) is 0 Å². The van der Waals surface area contributed by atoms with Crippen LogP contribution in [0.2, 0.25) is 36.3 Å². The molecule has 2 aromatic carbocycles. The van der Waals surface area contributed by atoms with E-state index < -0.39 is 66.2 Å². The molecule has 0 saturated carbocycles. The number of benzene rings is 2. The molecule has 0 aliphatic heterocycles. The van der Waals surface area contributed by atoms with Gasteiger partial charge in [0, 0.05) is 0 Å². The van der Waals surface area contributed by atoms with Crippen molar-refractivity contribution in [3.8, 4) is 0 Å². The van der Waals surface area contributed by atoms with Gasteiger partial charge in [-0.05, 0) is 60.5 Å². The summed E-state index contributed by atoms with van der Waals surface area (Å²) in [6.45, 7) is 19.4. The van der Waals surface area contributed by atoms with Crippen molar-refractivity contribution in [1.29, 1.82) is 0 Å². The molecule has 234 valence electrons. The minimum Gasteiger partial charge on any atom is -0.452 e. The van der Waals surface area contributed by atoms with Crippen LogP contribution in [0.15, 0.2) is 60.7 Å². The Labute approximate surface area is 253 Å². The lowest BCUT2D eigenvalue weighted by atomic mass is 10.0. The van der Waals surface area contributed by atoms with E-state index in [-0.39, 0.29) is 21.2 Å². The molecule has 0 aliphatic carbocycles. The average Bonchev–Trinajstić information content (AvgIpc) is 2.92. The fraction of sp³-hybridized carbons (Fsp3) is 0.562. The summed E-state index contributed by atoms with van der Waals surface area (Å²) in [5.74, 6) is -1.36. The highest BCUT2D eigenvalue weighted by atomic mass is 28.4. The maximum atomic E-state index is 13.5. The molecular weight excluding hydrogens is 569 g/mol. The second-order valence-corrected chi connectivity index (χ2v) is 23.2. The fourth-order valence-corrected chi connectivity index (χ4v) is 6.41. The first-order chi connectivity index (χ1) is 19.3. The summed E-state index contributed by atoms with van der Waals surface area (Å²) in [5.41, 5.74) is 0.566. The zero-order valence-corrected chi connectivity index (χ0v) is 28.8. The molecule has 0 radical (unpaired) electrons. The van der Waals surface area contributed by atoms with Crippen molar-refractivity contribution >= 4 is 28.6 Å². The normalized spacial score (nSPS) is 15.8. The van der Waals surface area contributed by atoms with Crippen molar-refractivity contribution in [2.45, 2.75) is 102 Å².